The third kappa shape index (κ3) is 6.86. The van der Waals surface area contributed by atoms with Crippen molar-refractivity contribution < 1.29 is 14.3 Å². The summed E-state index contributed by atoms with van der Waals surface area (Å²) < 4.78 is 10.4. The van der Waals surface area contributed by atoms with Crippen LogP contribution in [0.3, 0.4) is 0 Å². The minimum atomic E-state index is -0.862. The molecule has 0 saturated carbocycles. The van der Waals surface area contributed by atoms with Crippen molar-refractivity contribution in [2.75, 3.05) is 18.5 Å². The SMILES string of the molecule is CCOC(=O)C(C)(C)OCCCC#CCBr. The topological polar surface area (TPSA) is 35.5 Å². The van der Waals surface area contributed by atoms with E-state index in [0.29, 0.717) is 18.5 Å². The molecule has 0 aromatic carbocycles. The molecular weight excluding hydrogens is 272 g/mol. The number of rotatable bonds is 6. The van der Waals surface area contributed by atoms with Gasteiger partial charge >= 0.3 is 5.97 Å². The van der Waals surface area contributed by atoms with Gasteiger partial charge in [0.15, 0.2) is 5.60 Å². The van der Waals surface area contributed by atoms with E-state index in [2.05, 4.69) is 27.8 Å². The van der Waals surface area contributed by atoms with Crippen LogP contribution in [0.5, 0.6) is 0 Å². The molecule has 0 spiro atoms. The average molecular weight is 291 g/mol. The van der Waals surface area contributed by atoms with Crippen molar-refractivity contribution in [3.8, 4) is 11.8 Å². The van der Waals surface area contributed by atoms with Gasteiger partial charge in [-0.15, -0.1) is 5.92 Å². The van der Waals surface area contributed by atoms with E-state index in [1.165, 1.54) is 0 Å². The quantitative estimate of drug-likeness (QED) is 0.326. The Kier molecular flexibility index (Phi) is 8.32. The lowest BCUT2D eigenvalue weighted by Gasteiger charge is -2.22. The molecule has 0 unspecified atom stereocenters. The van der Waals surface area contributed by atoms with E-state index < -0.39 is 5.60 Å². The molecule has 0 bridgehead atoms. The minimum Gasteiger partial charge on any atom is -0.464 e. The van der Waals surface area contributed by atoms with Crippen molar-refractivity contribution >= 4 is 21.9 Å². The molecule has 0 heterocycles. The van der Waals surface area contributed by atoms with Gasteiger partial charge < -0.3 is 9.47 Å². The van der Waals surface area contributed by atoms with E-state index in [4.69, 9.17) is 9.47 Å². The number of carbonyl (C=O) groups is 1. The molecule has 0 atom stereocenters. The Balaban J connectivity index is 3.77. The first-order chi connectivity index (χ1) is 7.54. The van der Waals surface area contributed by atoms with Gasteiger partial charge in [0.1, 0.15) is 0 Å². The lowest BCUT2D eigenvalue weighted by atomic mass is 10.1. The van der Waals surface area contributed by atoms with Gasteiger partial charge in [-0.2, -0.15) is 0 Å². The van der Waals surface area contributed by atoms with E-state index >= 15 is 0 Å². The highest BCUT2D eigenvalue weighted by Gasteiger charge is 2.29. The van der Waals surface area contributed by atoms with Gasteiger partial charge in [-0.1, -0.05) is 21.9 Å². The number of carbonyl (C=O) groups excluding carboxylic acids is 1. The van der Waals surface area contributed by atoms with Gasteiger partial charge in [-0.3, -0.25) is 0 Å². The third-order valence-corrected chi connectivity index (χ3v) is 2.15. The van der Waals surface area contributed by atoms with Crippen molar-refractivity contribution in [1.82, 2.24) is 0 Å². The van der Waals surface area contributed by atoms with Crippen molar-refractivity contribution in [2.24, 2.45) is 0 Å². The minimum absolute atomic E-state index is 0.318. The Hall–Kier alpha value is -0.530. The first kappa shape index (κ1) is 15.5. The molecule has 0 aliphatic rings. The average Bonchev–Trinajstić information content (AvgIpc) is 2.23. The third-order valence-electron chi connectivity index (χ3n) is 1.87. The molecule has 0 aliphatic carbocycles. The molecule has 0 radical (unpaired) electrons. The summed E-state index contributed by atoms with van der Waals surface area (Å²) in [6.45, 7) is 6.11. The normalized spacial score (nSPS) is 10.5. The Morgan fingerprint density at radius 1 is 1.38 bits per heavy atom. The van der Waals surface area contributed by atoms with Crippen LogP contribution in [0.4, 0.5) is 0 Å². The smallest absolute Gasteiger partial charge is 0.337 e. The summed E-state index contributed by atoms with van der Waals surface area (Å²) in [6, 6.07) is 0. The predicted molar refractivity (Wildman–Crippen MR) is 67.5 cm³/mol. The number of alkyl halides is 1. The summed E-state index contributed by atoms with van der Waals surface area (Å²) in [5, 5.41) is 0.697. The highest BCUT2D eigenvalue weighted by Crippen LogP contribution is 2.12. The van der Waals surface area contributed by atoms with Crippen LogP contribution in [0, 0.1) is 11.8 Å². The molecule has 0 N–H and O–H groups in total. The van der Waals surface area contributed by atoms with Gasteiger partial charge in [0, 0.05) is 13.0 Å². The molecular formula is C12H19BrO3. The summed E-state index contributed by atoms with van der Waals surface area (Å²) in [7, 11) is 0. The van der Waals surface area contributed by atoms with Crippen LogP contribution in [0.2, 0.25) is 0 Å². The fraction of sp³-hybridized carbons (Fsp3) is 0.750. The summed E-state index contributed by atoms with van der Waals surface area (Å²) >= 11 is 3.22. The summed E-state index contributed by atoms with van der Waals surface area (Å²) in [6.07, 6.45) is 1.60. The van der Waals surface area contributed by atoms with Crippen LogP contribution in [0.15, 0.2) is 0 Å². The Morgan fingerprint density at radius 3 is 2.62 bits per heavy atom. The maximum atomic E-state index is 11.4. The van der Waals surface area contributed by atoms with Crippen LogP contribution < -0.4 is 0 Å². The van der Waals surface area contributed by atoms with Crippen molar-refractivity contribution in [3.63, 3.8) is 0 Å². The predicted octanol–water partition coefficient (Wildman–Crippen LogP) is 2.52. The van der Waals surface area contributed by atoms with E-state index in [-0.39, 0.29) is 5.97 Å². The Morgan fingerprint density at radius 2 is 2.06 bits per heavy atom. The van der Waals surface area contributed by atoms with Crippen LogP contribution in [0.25, 0.3) is 0 Å². The maximum Gasteiger partial charge on any atom is 0.337 e. The fourth-order valence-electron chi connectivity index (χ4n) is 0.987. The van der Waals surface area contributed by atoms with Gasteiger partial charge in [0.05, 0.1) is 11.9 Å². The number of unbranched alkanes of at least 4 members (excludes halogenated alkanes) is 1. The molecule has 92 valence electrons. The second-order valence-electron chi connectivity index (χ2n) is 3.67. The number of hydrogen-bond donors (Lipinski definition) is 0. The molecule has 0 fully saturated rings. The molecule has 0 aromatic heterocycles. The van der Waals surface area contributed by atoms with Crippen molar-refractivity contribution in [3.05, 3.63) is 0 Å². The van der Waals surface area contributed by atoms with Crippen LogP contribution in [0.1, 0.15) is 33.6 Å². The van der Waals surface area contributed by atoms with Gasteiger partial charge in [0.25, 0.3) is 0 Å². The van der Waals surface area contributed by atoms with Crippen molar-refractivity contribution in [2.45, 2.75) is 39.2 Å². The number of hydrogen-bond acceptors (Lipinski definition) is 3. The Bertz CT molecular complexity index is 263. The molecule has 0 rings (SSSR count). The first-order valence-corrected chi connectivity index (χ1v) is 6.49. The number of ether oxygens (including phenoxy) is 2. The number of halogens is 1. The Labute approximate surface area is 106 Å². The largest absolute Gasteiger partial charge is 0.464 e. The molecule has 4 heteroatoms. The maximum absolute atomic E-state index is 11.4. The highest BCUT2D eigenvalue weighted by molar-refractivity contribution is 9.09. The molecule has 3 nitrogen and oxygen atoms in total. The zero-order valence-corrected chi connectivity index (χ0v) is 11.7. The van der Waals surface area contributed by atoms with E-state index in [1.807, 2.05) is 0 Å². The molecule has 0 aromatic rings. The second kappa shape index (κ2) is 8.60. The molecule has 0 aliphatic heterocycles. The van der Waals surface area contributed by atoms with Crippen LogP contribution in [-0.4, -0.2) is 30.1 Å². The second-order valence-corrected chi connectivity index (χ2v) is 4.23. The highest BCUT2D eigenvalue weighted by atomic mass is 79.9. The van der Waals surface area contributed by atoms with E-state index in [9.17, 15) is 4.79 Å². The number of esters is 1. The van der Waals surface area contributed by atoms with Gasteiger partial charge in [0.2, 0.25) is 0 Å². The monoisotopic (exact) mass is 290 g/mol. The summed E-state index contributed by atoms with van der Waals surface area (Å²) in [5.74, 6) is 5.57. The van der Waals surface area contributed by atoms with Gasteiger partial charge in [-0.25, -0.2) is 4.79 Å². The molecule has 0 amide bonds. The van der Waals surface area contributed by atoms with Crippen molar-refractivity contribution in [1.29, 1.82) is 0 Å². The van der Waals surface area contributed by atoms with Crippen LogP contribution in [-0.2, 0) is 14.3 Å². The lowest BCUT2D eigenvalue weighted by Crippen LogP contribution is -2.37. The fourth-order valence-corrected chi connectivity index (χ4v) is 1.19. The standard InChI is InChI=1S/C12H19BrO3/c1-4-15-11(14)12(2,3)16-10-8-6-5-7-9-13/h4,6,8-10H2,1-3H3. The zero-order valence-electron chi connectivity index (χ0n) is 10.1. The van der Waals surface area contributed by atoms with Gasteiger partial charge in [-0.05, 0) is 27.2 Å². The lowest BCUT2D eigenvalue weighted by molar-refractivity contribution is -0.167. The van der Waals surface area contributed by atoms with Crippen LogP contribution >= 0.6 is 15.9 Å². The molecule has 0 saturated heterocycles. The molecule has 16 heavy (non-hydrogen) atoms. The summed E-state index contributed by atoms with van der Waals surface area (Å²) in [4.78, 5) is 11.4. The summed E-state index contributed by atoms with van der Waals surface area (Å²) in [5.41, 5.74) is -0.862. The van der Waals surface area contributed by atoms with E-state index in [1.54, 1.807) is 20.8 Å². The zero-order chi connectivity index (χ0) is 12.4. The first-order valence-electron chi connectivity index (χ1n) is 5.37. The van der Waals surface area contributed by atoms with E-state index in [0.717, 1.165) is 12.8 Å².